The molecule has 1 fully saturated rings. The number of aryl methyl sites for hydroxylation is 1. The molecule has 10 heteroatoms. The van der Waals surface area contributed by atoms with Crippen molar-refractivity contribution in [1.29, 1.82) is 0 Å². The fourth-order valence-electron chi connectivity index (χ4n) is 3.31. The van der Waals surface area contributed by atoms with E-state index in [1.807, 2.05) is 0 Å². The van der Waals surface area contributed by atoms with Crippen LogP contribution in [0.4, 0.5) is 13.2 Å². The standard InChI is InChI=1S/C20H23F3N4O2S/c1-13-17(19(29)25(2)3)30-16(24-13)12-26-8-10-27(11-9-26)18(28)14-6-4-5-7-15(14)20(21,22)23/h4-7H,8-12H2,1-3H3. The van der Waals surface area contributed by atoms with Gasteiger partial charge in [-0.25, -0.2) is 4.98 Å². The lowest BCUT2D eigenvalue weighted by Gasteiger charge is -2.34. The van der Waals surface area contributed by atoms with E-state index in [0.717, 1.165) is 11.1 Å². The third-order valence-electron chi connectivity index (χ3n) is 4.92. The molecule has 1 aromatic heterocycles. The number of benzene rings is 1. The highest BCUT2D eigenvalue weighted by atomic mass is 32.1. The number of alkyl halides is 3. The highest BCUT2D eigenvalue weighted by Crippen LogP contribution is 2.32. The quantitative estimate of drug-likeness (QED) is 0.733. The SMILES string of the molecule is Cc1nc(CN2CCN(C(=O)c3ccccc3C(F)(F)F)CC2)sc1C(=O)N(C)C. The first-order valence-electron chi connectivity index (χ1n) is 9.43. The number of hydrogen-bond donors (Lipinski definition) is 0. The van der Waals surface area contributed by atoms with Crippen LogP contribution in [0.25, 0.3) is 0 Å². The molecule has 0 aliphatic carbocycles. The van der Waals surface area contributed by atoms with E-state index in [9.17, 15) is 22.8 Å². The molecular formula is C20H23F3N4O2S. The van der Waals surface area contributed by atoms with E-state index in [1.165, 1.54) is 39.3 Å². The van der Waals surface area contributed by atoms with Crippen LogP contribution < -0.4 is 0 Å². The predicted molar refractivity (Wildman–Crippen MR) is 107 cm³/mol. The molecule has 6 nitrogen and oxygen atoms in total. The molecule has 0 atom stereocenters. The Morgan fingerprint density at radius 2 is 1.77 bits per heavy atom. The number of carbonyl (C=O) groups is 2. The summed E-state index contributed by atoms with van der Waals surface area (Å²) in [4.78, 5) is 35.0. The molecule has 30 heavy (non-hydrogen) atoms. The van der Waals surface area contributed by atoms with Crippen molar-refractivity contribution in [3.63, 3.8) is 0 Å². The molecule has 2 heterocycles. The predicted octanol–water partition coefficient (Wildman–Crippen LogP) is 3.13. The summed E-state index contributed by atoms with van der Waals surface area (Å²) in [6, 6.07) is 4.87. The van der Waals surface area contributed by atoms with Crippen molar-refractivity contribution in [2.75, 3.05) is 40.3 Å². The smallest absolute Gasteiger partial charge is 0.344 e. The van der Waals surface area contributed by atoms with Crippen LogP contribution in [0.2, 0.25) is 0 Å². The zero-order valence-corrected chi connectivity index (χ0v) is 17.8. The Bertz CT molecular complexity index is 934. The van der Waals surface area contributed by atoms with Crippen LogP contribution in [-0.2, 0) is 12.7 Å². The van der Waals surface area contributed by atoms with Crippen molar-refractivity contribution in [2.45, 2.75) is 19.6 Å². The number of thiazole rings is 1. The van der Waals surface area contributed by atoms with Crippen LogP contribution >= 0.6 is 11.3 Å². The number of piperazine rings is 1. The van der Waals surface area contributed by atoms with Gasteiger partial charge in [-0.05, 0) is 19.1 Å². The number of nitrogens with zero attached hydrogens (tertiary/aromatic N) is 4. The van der Waals surface area contributed by atoms with Crippen LogP contribution in [0.15, 0.2) is 24.3 Å². The van der Waals surface area contributed by atoms with Crippen molar-refractivity contribution in [3.8, 4) is 0 Å². The molecule has 1 saturated heterocycles. The van der Waals surface area contributed by atoms with Crippen LogP contribution in [0, 0.1) is 6.92 Å². The number of carbonyl (C=O) groups excluding carboxylic acids is 2. The zero-order chi connectivity index (χ0) is 22.1. The maximum Gasteiger partial charge on any atom is 0.417 e. The van der Waals surface area contributed by atoms with Crippen molar-refractivity contribution in [3.05, 3.63) is 51.0 Å². The number of hydrogen-bond acceptors (Lipinski definition) is 5. The first kappa shape index (κ1) is 22.2. The summed E-state index contributed by atoms with van der Waals surface area (Å²) in [5.41, 5.74) is -0.541. The fraction of sp³-hybridized carbons (Fsp3) is 0.450. The van der Waals surface area contributed by atoms with Gasteiger partial charge in [0.25, 0.3) is 11.8 Å². The largest absolute Gasteiger partial charge is 0.417 e. The molecule has 2 amide bonds. The van der Waals surface area contributed by atoms with Gasteiger partial charge >= 0.3 is 6.18 Å². The average molecular weight is 440 g/mol. The van der Waals surface area contributed by atoms with Crippen molar-refractivity contribution < 1.29 is 22.8 Å². The molecule has 0 radical (unpaired) electrons. The normalized spacial score (nSPS) is 15.3. The summed E-state index contributed by atoms with van der Waals surface area (Å²) in [7, 11) is 3.38. The number of halogens is 3. The first-order chi connectivity index (χ1) is 14.1. The molecule has 0 N–H and O–H groups in total. The minimum absolute atomic E-state index is 0.0880. The van der Waals surface area contributed by atoms with Crippen molar-refractivity contribution in [2.24, 2.45) is 0 Å². The lowest BCUT2D eigenvalue weighted by molar-refractivity contribution is -0.138. The molecule has 1 aliphatic heterocycles. The first-order valence-corrected chi connectivity index (χ1v) is 10.3. The van der Waals surface area contributed by atoms with Gasteiger partial charge in [-0.2, -0.15) is 13.2 Å². The molecule has 1 aromatic carbocycles. The number of amides is 2. The van der Waals surface area contributed by atoms with Gasteiger partial charge in [0.1, 0.15) is 9.88 Å². The van der Waals surface area contributed by atoms with Gasteiger partial charge in [0.2, 0.25) is 0 Å². The van der Waals surface area contributed by atoms with Crippen LogP contribution in [0.3, 0.4) is 0 Å². The zero-order valence-electron chi connectivity index (χ0n) is 17.0. The van der Waals surface area contributed by atoms with E-state index in [1.54, 1.807) is 21.0 Å². The van der Waals surface area contributed by atoms with Gasteiger partial charge < -0.3 is 9.80 Å². The minimum Gasteiger partial charge on any atom is -0.344 e. The molecule has 0 saturated carbocycles. The van der Waals surface area contributed by atoms with Gasteiger partial charge in [-0.15, -0.1) is 11.3 Å². The Kier molecular flexibility index (Phi) is 6.47. The van der Waals surface area contributed by atoms with Gasteiger partial charge in [-0.1, -0.05) is 12.1 Å². The summed E-state index contributed by atoms with van der Waals surface area (Å²) in [6.45, 7) is 4.04. The van der Waals surface area contributed by atoms with E-state index < -0.39 is 17.6 Å². The Balaban J connectivity index is 1.63. The molecule has 3 rings (SSSR count). The van der Waals surface area contributed by atoms with Crippen LogP contribution in [-0.4, -0.2) is 71.8 Å². The molecule has 1 aliphatic rings. The molecule has 0 bridgehead atoms. The molecule has 162 valence electrons. The maximum atomic E-state index is 13.2. The molecular weight excluding hydrogens is 417 g/mol. The van der Waals surface area contributed by atoms with Crippen LogP contribution in [0.5, 0.6) is 0 Å². The van der Waals surface area contributed by atoms with Gasteiger partial charge in [0.15, 0.2) is 0 Å². The van der Waals surface area contributed by atoms with E-state index in [4.69, 9.17) is 0 Å². The maximum absolute atomic E-state index is 13.2. The summed E-state index contributed by atoms with van der Waals surface area (Å²) >= 11 is 1.35. The second-order valence-corrected chi connectivity index (χ2v) is 8.42. The number of rotatable bonds is 4. The van der Waals surface area contributed by atoms with E-state index in [-0.39, 0.29) is 11.5 Å². The van der Waals surface area contributed by atoms with E-state index in [0.29, 0.717) is 43.3 Å². The monoisotopic (exact) mass is 440 g/mol. The topological polar surface area (TPSA) is 56.8 Å². The second-order valence-electron chi connectivity index (χ2n) is 7.33. The Labute approximate surface area is 176 Å². The highest BCUT2D eigenvalue weighted by molar-refractivity contribution is 7.13. The average Bonchev–Trinajstić information content (AvgIpc) is 3.06. The highest BCUT2D eigenvalue weighted by Gasteiger charge is 2.36. The molecule has 0 unspecified atom stereocenters. The van der Waals surface area contributed by atoms with Crippen molar-refractivity contribution >= 4 is 23.2 Å². The van der Waals surface area contributed by atoms with Gasteiger partial charge in [-0.3, -0.25) is 14.5 Å². The third-order valence-corrected chi connectivity index (χ3v) is 6.05. The van der Waals surface area contributed by atoms with E-state index in [2.05, 4.69) is 9.88 Å². The summed E-state index contributed by atoms with van der Waals surface area (Å²) in [5.74, 6) is -0.693. The summed E-state index contributed by atoms with van der Waals surface area (Å²) in [5, 5.41) is 0.805. The van der Waals surface area contributed by atoms with Crippen LogP contribution in [0.1, 0.15) is 36.3 Å². The Hall–Kier alpha value is -2.46. The fourth-order valence-corrected chi connectivity index (χ4v) is 4.44. The number of aromatic nitrogens is 1. The Morgan fingerprint density at radius 3 is 2.37 bits per heavy atom. The Morgan fingerprint density at radius 1 is 1.13 bits per heavy atom. The van der Waals surface area contributed by atoms with Gasteiger partial charge in [0.05, 0.1) is 23.4 Å². The summed E-state index contributed by atoms with van der Waals surface area (Å²) in [6.07, 6.45) is -4.57. The van der Waals surface area contributed by atoms with E-state index >= 15 is 0 Å². The summed E-state index contributed by atoms with van der Waals surface area (Å²) < 4.78 is 39.6. The third kappa shape index (κ3) is 4.81. The molecule has 2 aromatic rings. The molecule has 0 spiro atoms. The second kappa shape index (κ2) is 8.73. The lowest BCUT2D eigenvalue weighted by atomic mass is 10.1. The minimum atomic E-state index is -4.57. The van der Waals surface area contributed by atoms with Crippen molar-refractivity contribution in [1.82, 2.24) is 19.7 Å². The lowest BCUT2D eigenvalue weighted by Crippen LogP contribution is -2.48. The van der Waals surface area contributed by atoms with Gasteiger partial charge in [0, 0.05) is 40.3 Å².